The van der Waals surface area contributed by atoms with Crippen LogP contribution in [-0.4, -0.2) is 32.8 Å². The van der Waals surface area contributed by atoms with Gasteiger partial charge in [-0.15, -0.1) is 0 Å². The zero-order chi connectivity index (χ0) is 16.6. The predicted octanol–water partition coefficient (Wildman–Crippen LogP) is 2.43. The van der Waals surface area contributed by atoms with Gasteiger partial charge in [-0.25, -0.2) is 9.48 Å². The van der Waals surface area contributed by atoms with E-state index in [9.17, 15) is 14.7 Å². The summed E-state index contributed by atoms with van der Waals surface area (Å²) in [6, 6.07) is 6.31. The Kier molecular flexibility index (Phi) is 4.09. The highest BCUT2D eigenvalue weighted by Gasteiger charge is 2.37. The average Bonchev–Trinajstić information content (AvgIpc) is 3.27. The molecule has 2 aromatic rings. The maximum atomic E-state index is 12.4. The molecule has 3 rings (SSSR count). The smallest absolute Gasteiger partial charge is 0.326 e. The molecule has 7 heteroatoms. The van der Waals surface area contributed by atoms with Crippen molar-refractivity contribution in [3.8, 4) is 5.69 Å². The van der Waals surface area contributed by atoms with E-state index in [2.05, 4.69) is 10.4 Å². The number of rotatable bonds is 5. The lowest BCUT2D eigenvalue weighted by molar-refractivity contribution is -0.139. The van der Waals surface area contributed by atoms with Crippen LogP contribution in [0, 0.1) is 12.8 Å². The third-order valence-corrected chi connectivity index (χ3v) is 4.18. The number of carbonyl (C=O) groups is 2. The minimum atomic E-state index is -1.01. The number of halogens is 1. The number of carbonyl (C=O) groups excluding carboxylic acids is 1. The zero-order valence-corrected chi connectivity index (χ0v) is 13.2. The van der Waals surface area contributed by atoms with Gasteiger partial charge >= 0.3 is 5.97 Å². The van der Waals surface area contributed by atoms with Crippen molar-refractivity contribution in [2.75, 3.05) is 0 Å². The highest BCUT2D eigenvalue weighted by molar-refractivity contribution is 6.32. The molecule has 1 aromatic carbocycles. The van der Waals surface area contributed by atoms with Crippen LogP contribution < -0.4 is 5.32 Å². The highest BCUT2D eigenvalue weighted by Crippen LogP contribution is 2.33. The standard InChI is InChI=1S/C16H16ClN3O3/c1-9-8-20(12-5-3-2-4-11(12)17)19-13(9)15(21)18-14(16(22)23)10-6-7-10/h2-5,8,10,14H,6-7H2,1H3,(H,18,21)(H,22,23). The number of nitrogens with one attached hydrogen (secondary N) is 1. The fraction of sp³-hybridized carbons (Fsp3) is 0.312. The van der Waals surface area contributed by atoms with Crippen LogP contribution in [0.5, 0.6) is 0 Å². The fourth-order valence-electron chi connectivity index (χ4n) is 2.47. The van der Waals surface area contributed by atoms with Gasteiger partial charge < -0.3 is 10.4 Å². The number of hydrogen-bond acceptors (Lipinski definition) is 3. The molecular formula is C16H16ClN3O3. The van der Waals surface area contributed by atoms with Gasteiger partial charge in [0.05, 0.1) is 10.7 Å². The normalized spacial score (nSPS) is 15.2. The molecule has 1 atom stereocenters. The lowest BCUT2D eigenvalue weighted by Crippen LogP contribution is -2.42. The molecule has 0 radical (unpaired) electrons. The van der Waals surface area contributed by atoms with Crippen LogP contribution in [0.25, 0.3) is 5.69 Å². The van der Waals surface area contributed by atoms with Crippen molar-refractivity contribution in [2.45, 2.75) is 25.8 Å². The summed E-state index contributed by atoms with van der Waals surface area (Å²) in [4.78, 5) is 23.6. The second kappa shape index (κ2) is 6.04. The minimum Gasteiger partial charge on any atom is -0.480 e. The summed E-state index contributed by atoms with van der Waals surface area (Å²) >= 11 is 6.14. The van der Waals surface area contributed by atoms with Gasteiger partial charge in [0.15, 0.2) is 5.69 Å². The van der Waals surface area contributed by atoms with Gasteiger partial charge in [-0.2, -0.15) is 5.10 Å². The first-order valence-corrected chi connectivity index (χ1v) is 7.70. The maximum Gasteiger partial charge on any atom is 0.326 e. The van der Waals surface area contributed by atoms with Crippen LogP contribution in [0.4, 0.5) is 0 Å². The second-order valence-electron chi connectivity index (χ2n) is 5.68. The van der Waals surface area contributed by atoms with Crippen molar-refractivity contribution < 1.29 is 14.7 Å². The molecule has 1 saturated carbocycles. The van der Waals surface area contributed by atoms with Gasteiger partial charge in [0.1, 0.15) is 6.04 Å². The molecule has 0 saturated heterocycles. The molecule has 2 N–H and O–H groups in total. The number of amides is 1. The Hall–Kier alpha value is -2.34. The second-order valence-corrected chi connectivity index (χ2v) is 6.09. The lowest BCUT2D eigenvalue weighted by atomic mass is 10.1. The molecule has 1 amide bonds. The van der Waals surface area contributed by atoms with Crippen molar-refractivity contribution >= 4 is 23.5 Å². The van der Waals surface area contributed by atoms with E-state index in [0.717, 1.165) is 12.8 Å². The van der Waals surface area contributed by atoms with Gasteiger partial charge in [0.2, 0.25) is 0 Å². The van der Waals surface area contributed by atoms with Gasteiger partial charge in [-0.1, -0.05) is 23.7 Å². The van der Waals surface area contributed by atoms with E-state index in [1.54, 1.807) is 25.3 Å². The van der Waals surface area contributed by atoms with E-state index in [1.807, 2.05) is 12.1 Å². The average molecular weight is 334 g/mol. The molecule has 0 aliphatic heterocycles. The summed E-state index contributed by atoms with van der Waals surface area (Å²) in [6.07, 6.45) is 3.34. The molecule has 1 aliphatic rings. The van der Waals surface area contributed by atoms with E-state index in [4.69, 9.17) is 11.6 Å². The summed E-state index contributed by atoms with van der Waals surface area (Å²) < 4.78 is 1.53. The molecule has 0 spiro atoms. The number of nitrogens with zero attached hydrogens (tertiary/aromatic N) is 2. The predicted molar refractivity (Wildman–Crippen MR) is 84.9 cm³/mol. The SMILES string of the molecule is Cc1cn(-c2ccccc2Cl)nc1C(=O)NC(C(=O)O)C1CC1. The molecular weight excluding hydrogens is 318 g/mol. The number of para-hydroxylation sites is 1. The van der Waals surface area contributed by atoms with Crippen LogP contribution in [0.2, 0.25) is 5.02 Å². The molecule has 0 bridgehead atoms. The number of carboxylic acid groups (broad SMARTS) is 1. The van der Waals surface area contributed by atoms with Gasteiger partial charge in [0, 0.05) is 11.8 Å². The third kappa shape index (κ3) is 3.22. The Balaban J connectivity index is 1.84. The first-order valence-electron chi connectivity index (χ1n) is 7.32. The van der Waals surface area contributed by atoms with Gasteiger partial charge in [-0.05, 0) is 37.8 Å². The maximum absolute atomic E-state index is 12.4. The molecule has 23 heavy (non-hydrogen) atoms. The lowest BCUT2D eigenvalue weighted by Gasteiger charge is -2.12. The molecule has 1 heterocycles. The summed E-state index contributed by atoms with van der Waals surface area (Å²) in [6.45, 7) is 1.75. The van der Waals surface area contributed by atoms with Crippen molar-refractivity contribution in [1.29, 1.82) is 0 Å². The molecule has 6 nitrogen and oxygen atoms in total. The van der Waals surface area contributed by atoms with Crippen molar-refractivity contribution in [3.05, 3.63) is 46.7 Å². The van der Waals surface area contributed by atoms with E-state index < -0.39 is 17.9 Å². The number of aryl methyl sites for hydroxylation is 1. The summed E-state index contributed by atoms with van der Waals surface area (Å²) in [5.41, 5.74) is 1.52. The fourth-order valence-corrected chi connectivity index (χ4v) is 2.69. The quantitative estimate of drug-likeness (QED) is 0.880. The molecule has 1 aromatic heterocycles. The number of benzene rings is 1. The Bertz CT molecular complexity index is 768. The Morgan fingerprint density at radius 2 is 2.09 bits per heavy atom. The topological polar surface area (TPSA) is 84.2 Å². The van der Waals surface area contributed by atoms with Crippen LogP contribution in [0.3, 0.4) is 0 Å². The van der Waals surface area contributed by atoms with Crippen molar-refractivity contribution in [1.82, 2.24) is 15.1 Å². The Labute approximate surface area is 138 Å². The Morgan fingerprint density at radius 1 is 1.39 bits per heavy atom. The molecule has 1 aliphatic carbocycles. The van der Waals surface area contributed by atoms with Crippen LogP contribution in [0.1, 0.15) is 28.9 Å². The van der Waals surface area contributed by atoms with Gasteiger partial charge in [0.25, 0.3) is 5.91 Å². The van der Waals surface area contributed by atoms with E-state index >= 15 is 0 Å². The van der Waals surface area contributed by atoms with Gasteiger partial charge in [-0.3, -0.25) is 4.79 Å². The minimum absolute atomic E-state index is 0.0161. The molecule has 1 unspecified atom stereocenters. The highest BCUT2D eigenvalue weighted by atomic mass is 35.5. The summed E-state index contributed by atoms with van der Waals surface area (Å²) in [5, 5.41) is 16.6. The van der Waals surface area contributed by atoms with E-state index in [-0.39, 0.29) is 11.6 Å². The first-order chi connectivity index (χ1) is 11.0. The van der Waals surface area contributed by atoms with E-state index in [1.165, 1.54) is 4.68 Å². The first kappa shape index (κ1) is 15.6. The van der Waals surface area contributed by atoms with Crippen LogP contribution >= 0.6 is 11.6 Å². The van der Waals surface area contributed by atoms with Crippen LogP contribution in [0.15, 0.2) is 30.5 Å². The Morgan fingerprint density at radius 3 is 2.70 bits per heavy atom. The monoisotopic (exact) mass is 333 g/mol. The van der Waals surface area contributed by atoms with Crippen molar-refractivity contribution in [3.63, 3.8) is 0 Å². The third-order valence-electron chi connectivity index (χ3n) is 3.86. The number of carboxylic acids is 1. The molecule has 120 valence electrons. The number of hydrogen-bond donors (Lipinski definition) is 2. The largest absolute Gasteiger partial charge is 0.480 e. The molecule has 1 fully saturated rings. The summed E-state index contributed by atoms with van der Waals surface area (Å²) in [5.74, 6) is -1.47. The number of aromatic nitrogens is 2. The zero-order valence-electron chi connectivity index (χ0n) is 12.5. The van der Waals surface area contributed by atoms with Crippen molar-refractivity contribution in [2.24, 2.45) is 5.92 Å². The van der Waals surface area contributed by atoms with E-state index in [0.29, 0.717) is 16.3 Å². The number of aliphatic carboxylic acids is 1. The van der Waals surface area contributed by atoms with Crippen LogP contribution in [-0.2, 0) is 4.79 Å². The summed E-state index contributed by atoms with van der Waals surface area (Å²) in [7, 11) is 0.